The summed E-state index contributed by atoms with van der Waals surface area (Å²) in [6.07, 6.45) is 2.28. The Balaban J connectivity index is 3.07. The Morgan fingerprint density at radius 3 is 2.58 bits per heavy atom. The summed E-state index contributed by atoms with van der Waals surface area (Å²) in [6, 6.07) is 2.93. The fourth-order valence-electron chi connectivity index (χ4n) is 1.28. The molecule has 1 aromatic rings. The minimum Gasteiger partial charge on any atom is -0.493 e. The Labute approximate surface area is 113 Å². The molecule has 0 unspecified atom stereocenters. The lowest BCUT2D eigenvalue weighted by atomic mass is 10.2. The van der Waals surface area contributed by atoms with Crippen molar-refractivity contribution in [1.29, 1.82) is 0 Å². The summed E-state index contributed by atoms with van der Waals surface area (Å²) < 4.78 is 10.0. The van der Waals surface area contributed by atoms with Crippen LogP contribution in [0.4, 0.5) is 0 Å². The number of methoxy groups -OCH3 is 1. The van der Waals surface area contributed by atoms with Gasteiger partial charge in [0.05, 0.1) is 12.1 Å². The van der Waals surface area contributed by atoms with Crippen LogP contribution in [-0.2, 0) is 9.59 Å². The predicted molar refractivity (Wildman–Crippen MR) is 67.8 cm³/mol. The highest BCUT2D eigenvalue weighted by Gasteiger charge is 2.12. The molecule has 0 saturated heterocycles. The SMILES string of the molecule is COc1cc(C=CC(=O)O)cc(Cl)c1OCC(=O)O. The number of carboxylic acids is 2. The van der Waals surface area contributed by atoms with Crippen molar-refractivity contribution in [3.05, 3.63) is 28.8 Å². The second-order valence-corrected chi connectivity index (χ2v) is 3.80. The minimum absolute atomic E-state index is 0.0963. The van der Waals surface area contributed by atoms with E-state index < -0.39 is 18.5 Å². The molecule has 2 N–H and O–H groups in total. The normalized spacial score (nSPS) is 10.4. The van der Waals surface area contributed by atoms with Crippen LogP contribution >= 0.6 is 11.6 Å². The number of hydrogen-bond donors (Lipinski definition) is 2. The summed E-state index contributed by atoms with van der Waals surface area (Å²) in [5, 5.41) is 17.2. The zero-order chi connectivity index (χ0) is 14.4. The van der Waals surface area contributed by atoms with Crippen LogP contribution in [0.25, 0.3) is 6.08 Å². The van der Waals surface area contributed by atoms with E-state index in [2.05, 4.69) is 0 Å². The molecule has 0 radical (unpaired) electrons. The molecule has 6 nitrogen and oxygen atoms in total. The molecule has 0 aliphatic carbocycles. The molecular weight excluding hydrogens is 276 g/mol. The zero-order valence-corrected chi connectivity index (χ0v) is 10.7. The van der Waals surface area contributed by atoms with Crippen LogP contribution in [0.2, 0.25) is 5.02 Å². The first-order valence-electron chi connectivity index (χ1n) is 5.07. The average molecular weight is 287 g/mol. The maximum atomic E-state index is 10.4. The fraction of sp³-hybridized carbons (Fsp3) is 0.167. The van der Waals surface area contributed by atoms with Crippen LogP contribution in [0.3, 0.4) is 0 Å². The largest absolute Gasteiger partial charge is 0.493 e. The summed E-state index contributed by atoms with van der Waals surface area (Å²) in [4.78, 5) is 20.9. The smallest absolute Gasteiger partial charge is 0.341 e. The van der Waals surface area contributed by atoms with Crippen molar-refractivity contribution in [2.45, 2.75) is 0 Å². The number of aliphatic carboxylic acids is 2. The van der Waals surface area contributed by atoms with Gasteiger partial charge in [-0.1, -0.05) is 11.6 Å². The van der Waals surface area contributed by atoms with Gasteiger partial charge >= 0.3 is 11.9 Å². The highest BCUT2D eigenvalue weighted by atomic mass is 35.5. The predicted octanol–water partition coefficient (Wildman–Crippen LogP) is 1.91. The number of carboxylic acid groups (broad SMARTS) is 2. The van der Waals surface area contributed by atoms with Gasteiger partial charge in [-0.15, -0.1) is 0 Å². The Morgan fingerprint density at radius 1 is 1.37 bits per heavy atom. The first-order valence-corrected chi connectivity index (χ1v) is 5.45. The quantitative estimate of drug-likeness (QED) is 0.776. The van der Waals surface area contributed by atoms with Crippen molar-refractivity contribution >= 4 is 29.6 Å². The van der Waals surface area contributed by atoms with Gasteiger partial charge in [-0.3, -0.25) is 0 Å². The van der Waals surface area contributed by atoms with E-state index in [1.807, 2.05) is 0 Å². The van der Waals surface area contributed by atoms with Crippen molar-refractivity contribution in [2.24, 2.45) is 0 Å². The van der Waals surface area contributed by atoms with E-state index in [0.29, 0.717) is 5.56 Å². The third-order valence-corrected chi connectivity index (χ3v) is 2.29. The molecule has 102 valence electrons. The number of halogens is 1. The number of rotatable bonds is 6. The zero-order valence-electron chi connectivity index (χ0n) is 9.92. The molecule has 0 spiro atoms. The van der Waals surface area contributed by atoms with Gasteiger partial charge in [0.25, 0.3) is 0 Å². The van der Waals surface area contributed by atoms with Gasteiger partial charge in [0.2, 0.25) is 0 Å². The van der Waals surface area contributed by atoms with Crippen molar-refractivity contribution < 1.29 is 29.3 Å². The fourth-order valence-corrected chi connectivity index (χ4v) is 1.55. The van der Waals surface area contributed by atoms with Gasteiger partial charge in [-0.25, -0.2) is 9.59 Å². The molecule has 0 atom stereocenters. The van der Waals surface area contributed by atoms with Crippen molar-refractivity contribution in [1.82, 2.24) is 0 Å². The molecule has 1 rings (SSSR count). The maximum absolute atomic E-state index is 10.4. The van der Waals surface area contributed by atoms with E-state index in [0.717, 1.165) is 6.08 Å². The van der Waals surface area contributed by atoms with Crippen molar-refractivity contribution in [3.8, 4) is 11.5 Å². The Kier molecular flexibility index (Phi) is 5.20. The lowest BCUT2D eigenvalue weighted by molar-refractivity contribution is -0.139. The van der Waals surface area contributed by atoms with E-state index in [4.69, 9.17) is 31.3 Å². The molecule has 7 heteroatoms. The van der Waals surface area contributed by atoms with Crippen molar-refractivity contribution in [3.63, 3.8) is 0 Å². The molecule has 0 amide bonds. The topological polar surface area (TPSA) is 93.1 Å². The second-order valence-electron chi connectivity index (χ2n) is 3.39. The molecule has 0 heterocycles. The molecule has 0 saturated carbocycles. The van der Waals surface area contributed by atoms with Crippen LogP contribution in [-0.4, -0.2) is 35.9 Å². The van der Waals surface area contributed by atoms with E-state index in [1.54, 1.807) is 0 Å². The third-order valence-electron chi connectivity index (χ3n) is 2.01. The highest BCUT2D eigenvalue weighted by molar-refractivity contribution is 6.32. The Morgan fingerprint density at radius 2 is 2.05 bits per heavy atom. The summed E-state index contributed by atoms with van der Waals surface area (Å²) in [5.41, 5.74) is 0.493. The standard InChI is InChI=1S/C12H11ClO6/c1-18-9-5-7(2-3-10(14)15)4-8(13)12(9)19-6-11(16)17/h2-5H,6H2,1H3,(H,14,15)(H,16,17). The third kappa shape index (κ3) is 4.51. The van der Waals surface area contributed by atoms with Gasteiger partial charge in [0.1, 0.15) is 0 Å². The first-order chi connectivity index (χ1) is 8.93. The lowest BCUT2D eigenvalue weighted by Crippen LogP contribution is -2.10. The van der Waals surface area contributed by atoms with Gasteiger partial charge in [-0.2, -0.15) is 0 Å². The molecule has 0 aliphatic heterocycles. The Hall–Kier alpha value is -2.21. The number of carbonyl (C=O) groups is 2. The van der Waals surface area contributed by atoms with Crippen LogP contribution in [0.5, 0.6) is 11.5 Å². The first kappa shape index (κ1) is 14.8. The van der Waals surface area contributed by atoms with Gasteiger partial charge < -0.3 is 19.7 Å². The van der Waals surface area contributed by atoms with Crippen molar-refractivity contribution in [2.75, 3.05) is 13.7 Å². The van der Waals surface area contributed by atoms with Crippen LogP contribution in [0.1, 0.15) is 5.56 Å². The minimum atomic E-state index is -1.15. The molecule has 0 fully saturated rings. The number of hydrogen-bond acceptors (Lipinski definition) is 4. The van der Waals surface area contributed by atoms with E-state index in [-0.39, 0.29) is 16.5 Å². The maximum Gasteiger partial charge on any atom is 0.341 e. The Bertz CT molecular complexity index is 523. The molecule has 19 heavy (non-hydrogen) atoms. The molecule has 1 aromatic carbocycles. The highest BCUT2D eigenvalue weighted by Crippen LogP contribution is 2.36. The molecular formula is C12H11ClO6. The molecule has 0 aliphatic rings. The summed E-state index contributed by atoms with van der Waals surface area (Å²) in [7, 11) is 1.37. The molecule has 0 aromatic heterocycles. The monoisotopic (exact) mass is 286 g/mol. The summed E-state index contributed by atoms with van der Waals surface area (Å²) in [6.45, 7) is -0.555. The van der Waals surface area contributed by atoms with Crippen LogP contribution in [0, 0.1) is 0 Å². The van der Waals surface area contributed by atoms with Gasteiger partial charge in [0, 0.05) is 6.08 Å². The second kappa shape index (κ2) is 6.65. The van der Waals surface area contributed by atoms with E-state index in [1.165, 1.54) is 25.3 Å². The lowest BCUT2D eigenvalue weighted by Gasteiger charge is -2.11. The summed E-state index contributed by atoms with van der Waals surface area (Å²) >= 11 is 5.93. The van der Waals surface area contributed by atoms with E-state index in [9.17, 15) is 9.59 Å². The summed E-state index contributed by atoms with van der Waals surface area (Å²) in [5.74, 6) is -1.92. The molecule has 0 bridgehead atoms. The van der Waals surface area contributed by atoms with E-state index >= 15 is 0 Å². The number of ether oxygens (including phenoxy) is 2. The van der Waals surface area contributed by atoms with Gasteiger partial charge in [-0.05, 0) is 23.8 Å². The van der Waals surface area contributed by atoms with Crippen LogP contribution in [0.15, 0.2) is 18.2 Å². The average Bonchev–Trinajstić information content (AvgIpc) is 2.34. The number of benzene rings is 1. The van der Waals surface area contributed by atoms with Crippen LogP contribution < -0.4 is 9.47 Å². The van der Waals surface area contributed by atoms with Gasteiger partial charge in [0.15, 0.2) is 18.1 Å².